The number of benzene rings is 1. The van der Waals surface area contributed by atoms with Crippen molar-refractivity contribution in [2.24, 2.45) is 0 Å². The zero-order chi connectivity index (χ0) is 23.7. The number of piperidine rings is 1. The third kappa shape index (κ3) is 4.27. The molecule has 4 heterocycles. The molecule has 3 aromatic rings. The Morgan fingerprint density at radius 3 is 2.71 bits per heavy atom. The van der Waals surface area contributed by atoms with E-state index in [-0.39, 0.29) is 37.0 Å². The van der Waals surface area contributed by atoms with Gasteiger partial charge in [0.1, 0.15) is 11.2 Å². The molecule has 10 nitrogen and oxygen atoms in total. The molecule has 0 saturated carbocycles. The van der Waals surface area contributed by atoms with Gasteiger partial charge >= 0.3 is 5.69 Å². The van der Waals surface area contributed by atoms with E-state index in [2.05, 4.69) is 15.2 Å². The van der Waals surface area contributed by atoms with Crippen LogP contribution in [-0.4, -0.2) is 39.9 Å². The number of ether oxygens (including phenoxy) is 2. The lowest BCUT2D eigenvalue weighted by Gasteiger charge is -2.25. The van der Waals surface area contributed by atoms with Crippen molar-refractivity contribution in [1.29, 1.82) is 0 Å². The molecule has 1 aromatic carbocycles. The summed E-state index contributed by atoms with van der Waals surface area (Å²) in [6.45, 7) is 4.20. The van der Waals surface area contributed by atoms with Crippen molar-refractivity contribution in [2.75, 3.05) is 24.8 Å². The second kappa shape index (κ2) is 9.49. The fourth-order valence-electron chi connectivity index (χ4n) is 4.30. The van der Waals surface area contributed by atoms with Crippen LogP contribution in [0.4, 0.5) is 5.13 Å². The Labute approximate surface area is 199 Å². The fourth-order valence-corrected chi connectivity index (χ4v) is 5.37. The molecule has 5 rings (SSSR count). The third-order valence-corrected chi connectivity index (χ3v) is 7.15. The van der Waals surface area contributed by atoms with Gasteiger partial charge in [-0.05, 0) is 43.4 Å². The van der Waals surface area contributed by atoms with Crippen molar-refractivity contribution in [2.45, 2.75) is 52.2 Å². The van der Waals surface area contributed by atoms with E-state index in [9.17, 15) is 14.4 Å². The van der Waals surface area contributed by atoms with Crippen molar-refractivity contribution in [3.63, 3.8) is 0 Å². The number of anilines is 1. The number of carbonyl (C=O) groups is 1. The van der Waals surface area contributed by atoms with E-state index in [0.717, 1.165) is 36.6 Å². The molecule has 2 aromatic heterocycles. The first-order valence-corrected chi connectivity index (χ1v) is 12.4. The quantitative estimate of drug-likeness (QED) is 0.546. The highest BCUT2D eigenvalue weighted by Crippen LogP contribution is 2.32. The van der Waals surface area contributed by atoms with Crippen LogP contribution in [-0.2, 0) is 24.4 Å². The van der Waals surface area contributed by atoms with Crippen molar-refractivity contribution in [1.82, 2.24) is 19.4 Å². The maximum atomic E-state index is 13.2. The van der Waals surface area contributed by atoms with Gasteiger partial charge in [-0.1, -0.05) is 24.3 Å². The molecule has 11 heteroatoms. The number of fused-ring (bicyclic) bond motifs is 2. The molecule has 0 aliphatic carbocycles. The lowest BCUT2D eigenvalue weighted by atomic mass is 10.1. The van der Waals surface area contributed by atoms with Gasteiger partial charge < -0.3 is 19.7 Å². The number of aromatic nitrogens is 3. The molecule has 2 aliphatic heterocycles. The van der Waals surface area contributed by atoms with E-state index in [1.807, 2.05) is 19.1 Å². The van der Waals surface area contributed by atoms with Crippen molar-refractivity contribution in [3.05, 3.63) is 44.6 Å². The maximum Gasteiger partial charge on any atom is 0.333 e. The number of nitrogens with zero attached hydrogens (tertiary/aromatic N) is 4. The predicted octanol–water partition coefficient (Wildman–Crippen LogP) is 2.07. The summed E-state index contributed by atoms with van der Waals surface area (Å²) in [6.07, 6.45) is 3.96. The molecule has 0 spiro atoms. The van der Waals surface area contributed by atoms with Crippen LogP contribution in [0.1, 0.15) is 38.2 Å². The maximum absolute atomic E-state index is 13.2. The molecule has 2 aliphatic rings. The minimum absolute atomic E-state index is 0.185. The van der Waals surface area contributed by atoms with Gasteiger partial charge in [0.05, 0.1) is 0 Å². The Hall–Kier alpha value is -3.34. The van der Waals surface area contributed by atoms with Crippen LogP contribution >= 0.6 is 11.3 Å². The largest absolute Gasteiger partial charge is 0.454 e. The highest BCUT2D eigenvalue weighted by Gasteiger charge is 2.22. The lowest BCUT2D eigenvalue weighted by Crippen LogP contribution is -2.42. The number of hydrogen-bond donors (Lipinski definition) is 1. The van der Waals surface area contributed by atoms with E-state index in [4.69, 9.17) is 9.47 Å². The van der Waals surface area contributed by atoms with Gasteiger partial charge in [0, 0.05) is 26.2 Å². The zero-order valence-corrected chi connectivity index (χ0v) is 19.9. The van der Waals surface area contributed by atoms with Crippen molar-refractivity contribution >= 4 is 32.7 Å². The van der Waals surface area contributed by atoms with Crippen molar-refractivity contribution in [3.8, 4) is 11.5 Å². The molecular weight excluding hydrogens is 458 g/mol. The minimum Gasteiger partial charge on any atom is -0.454 e. The number of rotatable bonds is 7. The summed E-state index contributed by atoms with van der Waals surface area (Å²) in [5.74, 6) is 0.981. The molecule has 1 saturated heterocycles. The lowest BCUT2D eigenvalue weighted by molar-refractivity contribution is -0.121. The Bertz CT molecular complexity index is 1340. The summed E-state index contributed by atoms with van der Waals surface area (Å²) in [7, 11) is 0. The standard InChI is InChI=1S/C23H27N5O5S/c1-2-8-27-21(30)19-20(25-22(34-19)26-9-4-3-5-10-26)28(23(27)31)13-18(29)24-12-15-6-7-16-17(11-15)33-14-32-16/h6-7,11H,2-5,8-10,12-14H2,1H3,(H,24,29). The van der Waals surface area contributed by atoms with Gasteiger partial charge in [0.2, 0.25) is 12.7 Å². The summed E-state index contributed by atoms with van der Waals surface area (Å²) < 4.78 is 13.6. The van der Waals surface area contributed by atoms with E-state index in [1.54, 1.807) is 6.07 Å². The van der Waals surface area contributed by atoms with E-state index in [0.29, 0.717) is 29.2 Å². The number of hydrogen-bond acceptors (Lipinski definition) is 8. The normalized spacial score (nSPS) is 15.1. The highest BCUT2D eigenvalue weighted by atomic mass is 32.1. The van der Waals surface area contributed by atoms with Crippen LogP contribution in [0.5, 0.6) is 11.5 Å². The average molecular weight is 486 g/mol. The van der Waals surface area contributed by atoms with Crippen LogP contribution in [0.15, 0.2) is 27.8 Å². The van der Waals surface area contributed by atoms with Gasteiger partial charge in [-0.15, -0.1) is 0 Å². The molecule has 1 fully saturated rings. The van der Waals surface area contributed by atoms with Gasteiger partial charge in [-0.2, -0.15) is 0 Å². The Kier molecular flexibility index (Phi) is 6.27. The van der Waals surface area contributed by atoms with Crippen LogP contribution < -0.4 is 30.9 Å². The monoisotopic (exact) mass is 485 g/mol. The Morgan fingerprint density at radius 1 is 1.12 bits per heavy atom. The zero-order valence-electron chi connectivity index (χ0n) is 19.0. The molecular formula is C23H27N5O5S. The topological polar surface area (TPSA) is 108 Å². The number of nitrogens with one attached hydrogen (secondary N) is 1. The molecule has 1 N–H and O–H groups in total. The van der Waals surface area contributed by atoms with Crippen LogP contribution in [0.25, 0.3) is 10.3 Å². The van der Waals surface area contributed by atoms with Gasteiger partial charge in [-0.3, -0.25) is 18.7 Å². The molecule has 34 heavy (non-hydrogen) atoms. The van der Waals surface area contributed by atoms with E-state index in [1.165, 1.54) is 26.9 Å². The van der Waals surface area contributed by atoms with Crippen LogP contribution in [0.3, 0.4) is 0 Å². The average Bonchev–Trinajstić information content (AvgIpc) is 3.51. The molecule has 0 atom stereocenters. The van der Waals surface area contributed by atoms with Crippen molar-refractivity contribution < 1.29 is 14.3 Å². The summed E-state index contributed by atoms with van der Waals surface area (Å²) in [4.78, 5) is 45.9. The first-order valence-electron chi connectivity index (χ1n) is 11.6. The van der Waals surface area contributed by atoms with Crippen LogP contribution in [0, 0.1) is 0 Å². The molecule has 180 valence electrons. The molecule has 0 bridgehead atoms. The summed E-state index contributed by atoms with van der Waals surface area (Å²) in [5, 5.41) is 3.58. The van der Waals surface area contributed by atoms with Gasteiger partial charge in [0.25, 0.3) is 5.56 Å². The third-order valence-electron chi connectivity index (χ3n) is 6.06. The summed E-state index contributed by atoms with van der Waals surface area (Å²) >= 11 is 1.31. The smallest absolute Gasteiger partial charge is 0.333 e. The molecule has 1 amide bonds. The second-order valence-corrected chi connectivity index (χ2v) is 9.46. The summed E-state index contributed by atoms with van der Waals surface area (Å²) in [5.41, 5.74) is 0.297. The second-order valence-electron chi connectivity index (χ2n) is 8.49. The highest BCUT2D eigenvalue weighted by molar-refractivity contribution is 7.22. The van der Waals surface area contributed by atoms with E-state index >= 15 is 0 Å². The molecule has 0 unspecified atom stereocenters. The first-order chi connectivity index (χ1) is 16.5. The van der Waals surface area contributed by atoms with Crippen LogP contribution in [0.2, 0.25) is 0 Å². The predicted molar refractivity (Wildman–Crippen MR) is 129 cm³/mol. The molecule has 0 radical (unpaired) electrons. The summed E-state index contributed by atoms with van der Waals surface area (Å²) in [6, 6.07) is 5.47. The Morgan fingerprint density at radius 2 is 1.91 bits per heavy atom. The van der Waals surface area contributed by atoms with Gasteiger partial charge in [0.15, 0.2) is 22.3 Å². The van der Waals surface area contributed by atoms with Gasteiger partial charge in [-0.25, -0.2) is 9.78 Å². The number of thiazole rings is 1. The first kappa shape index (κ1) is 22.5. The minimum atomic E-state index is -0.506. The Balaban J connectivity index is 1.42. The van der Waals surface area contributed by atoms with E-state index < -0.39 is 5.69 Å². The fraction of sp³-hybridized carbons (Fsp3) is 0.478. The SMILES string of the molecule is CCCn1c(=O)c2sc(N3CCCCC3)nc2n(CC(=O)NCc2ccc3c(c2)OCO3)c1=O. The number of amides is 1. The number of carbonyl (C=O) groups excluding carboxylic acids is 1.